The van der Waals surface area contributed by atoms with Crippen molar-refractivity contribution in [2.75, 3.05) is 11.1 Å². The van der Waals surface area contributed by atoms with Crippen LogP contribution in [-0.2, 0) is 21.5 Å². The van der Waals surface area contributed by atoms with Gasteiger partial charge in [0, 0.05) is 5.69 Å². The predicted molar refractivity (Wildman–Crippen MR) is 83.5 cm³/mol. The Morgan fingerprint density at radius 1 is 1.18 bits per heavy atom. The number of sulfonamides is 1. The Kier molecular flexibility index (Phi) is 3.70. The van der Waals surface area contributed by atoms with Crippen molar-refractivity contribution in [3.05, 3.63) is 54.1 Å². The third-order valence-electron chi connectivity index (χ3n) is 3.00. The van der Waals surface area contributed by atoms with Crippen molar-refractivity contribution in [1.82, 2.24) is 5.48 Å². The molecule has 0 saturated heterocycles. The second-order valence-electron chi connectivity index (χ2n) is 4.67. The van der Waals surface area contributed by atoms with Crippen molar-refractivity contribution in [2.45, 2.75) is 11.5 Å². The molecule has 0 aromatic heterocycles. The van der Waals surface area contributed by atoms with Crippen LogP contribution in [0.2, 0.25) is 0 Å². The van der Waals surface area contributed by atoms with Gasteiger partial charge in [0.15, 0.2) is 0 Å². The van der Waals surface area contributed by atoms with Gasteiger partial charge in [-0.15, -0.1) is 4.40 Å². The average molecular weight is 318 g/mol. The van der Waals surface area contributed by atoms with Gasteiger partial charge < -0.3 is 11.1 Å². The Bertz CT molecular complexity index is 819. The molecule has 8 heteroatoms. The first kappa shape index (κ1) is 14.4. The normalized spacial score (nSPS) is 15.4. The zero-order chi connectivity index (χ0) is 15.6. The third-order valence-corrected chi connectivity index (χ3v) is 4.32. The number of guanidine groups is 1. The van der Waals surface area contributed by atoms with E-state index in [0.29, 0.717) is 11.4 Å². The molecule has 0 radical (unpaired) electrons. The molecule has 0 aliphatic carbocycles. The number of hydrogen-bond acceptors (Lipinski definition) is 6. The number of nitrogens with two attached hydrogens (primary N) is 1. The minimum absolute atomic E-state index is 0.00759. The number of benzene rings is 2. The zero-order valence-corrected chi connectivity index (χ0v) is 12.3. The average Bonchev–Trinajstić information content (AvgIpc) is 2.49. The van der Waals surface area contributed by atoms with Gasteiger partial charge in [-0.25, -0.2) is 5.48 Å². The van der Waals surface area contributed by atoms with Gasteiger partial charge in [0.05, 0.1) is 12.3 Å². The summed E-state index contributed by atoms with van der Waals surface area (Å²) in [6, 6.07) is 14.0. The molecular formula is C14H14N4O3S. The fourth-order valence-corrected chi connectivity index (χ4v) is 3.09. The van der Waals surface area contributed by atoms with E-state index in [4.69, 9.17) is 10.6 Å². The third kappa shape index (κ3) is 3.02. The lowest BCUT2D eigenvalue weighted by atomic mass is 10.2. The molecule has 4 N–H and O–H groups in total. The highest BCUT2D eigenvalue weighted by molar-refractivity contribution is 7.90. The summed E-state index contributed by atoms with van der Waals surface area (Å²) < 4.78 is 27.8. The fourth-order valence-electron chi connectivity index (χ4n) is 1.98. The number of fused-ring (bicyclic) bond motifs is 1. The van der Waals surface area contributed by atoms with Gasteiger partial charge in [0.25, 0.3) is 10.0 Å². The molecule has 0 bridgehead atoms. The standard InChI is InChI=1S/C14H14N4O3S/c15-11-6-7-12-13(8-11)22(19,20)18-14(16-12)17-21-9-10-4-2-1-3-5-10/h1-8H,9,15H2,(H2,16,17,18). The van der Waals surface area contributed by atoms with Crippen molar-refractivity contribution in [3.8, 4) is 0 Å². The van der Waals surface area contributed by atoms with Crippen LogP contribution in [0.5, 0.6) is 0 Å². The molecule has 0 spiro atoms. The molecule has 114 valence electrons. The lowest BCUT2D eigenvalue weighted by Crippen LogP contribution is -2.34. The monoisotopic (exact) mass is 318 g/mol. The minimum atomic E-state index is -3.81. The molecule has 1 aliphatic heterocycles. The molecule has 0 amide bonds. The summed E-state index contributed by atoms with van der Waals surface area (Å²) >= 11 is 0. The van der Waals surface area contributed by atoms with Crippen molar-refractivity contribution in [2.24, 2.45) is 4.40 Å². The number of anilines is 2. The van der Waals surface area contributed by atoms with Crippen LogP contribution in [0.4, 0.5) is 11.4 Å². The Hall–Kier alpha value is -2.58. The summed E-state index contributed by atoms with van der Waals surface area (Å²) in [5.74, 6) is 0.00759. The van der Waals surface area contributed by atoms with Gasteiger partial charge in [0.2, 0.25) is 5.96 Å². The minimum Gasteiger partial charge on any atom is -0.399 e. The number of nitrogen functional groups attached to an aromatic ring is 1. The Morgan fingerprint density at radius 2 is 1.95 bits per heavy atom. The molecule has 1 aliphatic rings. The van der Waals surface area contributed by atoms with E-state index < -0.39 is 10.0 Å². The van der Waals surface area contributed by atoms with Crippen LogP contribution in [0.15, 0.2) is 57.8 Å². The Morgan fingerprint density at radius 3 is 2.73 bits per heavy atom. The van der Waals surface area contributed by atoms with Crippen LogP contribution in [0, 0.1) is 0 Å². The highest BCUT2D eigenvalue weighted by Gasteiger charge is 2.25. The molecule has 2 aromatic rings. The van der Waals surface area contributed by atoms with Crippen LogP contribution in [0.25, 0.3) is 0 Å². The van der Waals surface area contributed by atoms with E-state index in [1.807, 2.05) is 30.3 Å². The molecule has 0 saturated carbocycles. The largest absolute Gasteiger partial charge is 0.399 e. The van der Waals surface area contributed by atoms with Gasteiger partial charge in [-0.05, 0) is 23.8 Å². The smallest absolute Gasteiger partial charge is 0.287 e. The molecule has 3 rings (SSSR count). The van der Waals surface area contributed by atoms with E-state index in [0.717, 1.165) is 5.56 Å². The zero-order valence-electron chi connectivity index (χ0n) is 11.5. The van der Waals surface area contributed by atoms with Gasteiger partial charge in [-0.1, -0.05) is 30.3 Å². The first-order valence-corrected chi connectivity index (χ1v) is 7.92. The summed E-state index contributed by atoms with van der Waals surface area (Å²) in [7, 11) is -3.81. The highest BCUT2D eigenvalue weighted by Crippen LogP contribution is 2.28. The number of hydroxylamine groups is 1. The van der Waals surface area contributed by atoms with Crippen molar-refractivity contribution in [3.63, 3.8) is 0 Å². The van der Waals surface area contributed by atoms with E-state index >= 15 is 0 Å². The Balaban J connectivity index is 1.72. The molecule has 2 aromatic carbocycles. The number of rotatable bonds is 3. The van der Waals surface area contributed by atoms with Crippen molar-refractivity contribution < 1.29 is 13.3 Å². The molecule has 22 heavy (non-hydrogen) atoms. The molecule has 0 fully saturated rings. The maximum atomic E-state index is 12.1. The van der Waals surface area contributed by atoms with Gasteiger partial charge >= 0.3 is 0 Å². The summed E-state index contributed by atoms with van der Waals surface area (Å²) in [4.78, 5) is 5.30. The lowest BCUT2D eigenvalue weighted by Gasteiger charge is -2.19. The van der Waals surface area contributed by atoms with Gasteiger partial charge in [0.1, 0.15) is 4.90 Å². The second kappa shape index (κ2) is 5.66. The first-order valence-electron chi connectivity index (χ1n) is 6.48. The first-order chi connectivity index (χ1) is 10.5. The molecule has 0 atom stereocenters. The van der Waals surface area contributed by atoms with Crippen LogP contribution in [0.3, 0.4) is 0 Å². The molecule has 1 heterocycles. The molecule has 7 nitrogen and oxygen atoms in total. The van der Waals surface area contributed by atoms with E-state index in [1.165, 1.54) is 6.07 Å². The molecule has 0 unspecified atom stereocenters. The second-order valence-corrected chi connectivity index (χ2v) is 6.24. The fraction of sp³-hybridized carbons (Fsp3) is 0.0714. The molecular weight excluding hydrogens is 304 g/mol. The van der Waals surface area contributed by atoms with E-state index in [9.17, 15) is 8.42 Å². The summed E-state index contributed by atoms with van der Waals surface area (Å²) in [5.41, 5.74) is 9.81. The van der Waals surface area contributed by atoms with Crippen LogP contribution in [0.1, 0.15) is 5.56 Å². The maximum absolute atomic E-state index is 12.1. The van der Waals surface area contributed by atoms with Gasteiger partial charge in [-0.3, -0.25) is 4.84 Å². The van der Waals surface area contributed by atoms with E-state index in [2.05, 4.69) is 15.2 Å². The number of hydrogen-bond donors (Lipinski definition) is 3. The van der Waals surface area contributed by atoms with Crippen molar-refractivity contribution in [1.29, 1.82) is 0 Å². The summed E-state index contributed by atoms with van der Waals surface area (Å²) in [5, 5.41) is 2.85. The van der Waals surface area contributed by atoms with Crippen LogP contribution >= 0.6 is 0 Å². The quantitative estimate of drug-likeness (QED) is 0.584. The maximum Gasteiger partial charge on any atom is 0.287 e. The predicted octanol–water partition coefficient (Wildman–Crippen LogP) is 1.46. The van der Waals surface area contributed by atoms with Crippen LogP contribution < -0.4 is 16.5 Å². The van der Waals surface area contributed by atoms with E-state index in [-0.39, 0.29) is 17.5 Å². The summed E-state index contributed by atoms with van der Waals surface area (Å²) in [6.07, 6.45) is 0. The van der Waals surface area contributed by atoms with Crippen LogP contribution in [-0.4, -0.2) is 14.4 Å². The Labute approximate surface area is 127 Å². The van der Waals surface area contributed by atoms with Crippen molar-refractivity contribution >= 4 is 27.4 Å². The van der Waals surface area contributed by atoms with Gasteiger partial charge in [-0.2, -0.15) is 8.42 Å². The number of nitrogens with one attached hydrogen (secondary N) is 2. The topological polar surface area (TPSA) is 106 Å². The SMILES string of the molecule is Nc1ccc2c(c1)S(=O)(=O)N=C(NOCc1ccccc1)N2. The van der Waals surface area contributed by atoms with E-state index in [1.54, 1.807) is 12.1 Å². The lowest BCUT2D eigenvalue weighted by molar-refractivity contribution is 0.0712. The summed E-state index contributed by atoms with van der Waals surface area (Å²) in [6.45, 7) is 0.274. The highest BCUT2D eigenvalue weighted by atomic mass is 32.2. The number of nitrogens with zero attached hydrogens (tertiary/aromatic N) is 1.